The summed E-state index contributed by atoms with van der Waals surface area (Å²) in [4.78, 5) is 12.6. The Balaban J connectivity index is 1.97. The Bertz CT molecular complexity index is 352. The van der Waals surface area contributed by atoms with Gasteiger partial charge in [-0.1, -0.05) is 33.1 Å². The van der Waals surface area contributed by atoms with Gasteiger partial charge in [0, 0.05) is 12.0 Å². The number of carbonyl (C=O) groups excluding carboxylic acids is 1. The molecule has 1 amide bonds. The van der Waals surface area contributed by atoms with Crippen molar-refractivity contribution in [3.63, 3.8) is 0 Å². The summed E-state index contributed by atoms with van der Waals surface area (Å²) in [7, 11) is 0. The quantitative estimate of drug-likeness (QED) is 0.771. The average Bonchev–Trinajstić information content (AvgIpc) is 2.84. The van der Waals surface area contributed by atoms with Crippen molar-refractivity contribution in [2.24, 2.45) is 17.3 Å². The number of carbonyl (C=O) groups is 1. The van der Waals surface area contributed by atoms with Crippen LogP contribution in [-0.4, -0.2) is 16.3 Å². The second-order valence-electron chi connectivity index (χ2n) is 6.33. The third-order valence-corrected chi connectivity index (χ3v) is 6.80. The van der Waals surface area contributed by atoms with Crippen molar-refractivity contribution in [2.45, 2.75) is 69.7 Å². The SMILES string of the molecule is CCC1(C(=O)NC(C)C2CCCCC2)C(C)C1(Cl)Cl. The normalized spacial score (nSPS) is 35.7. The molecule has 0 spiro atoms. The van der Waals surface area contributed by atoms with Gasteiger partial charge in [0.25, 0.3) is 0 Å². The van der Waals surface area contributed by atoms with E-state index >= 15 is 0 Å². The Morgan fingerprint density at radius 2 is 1.84 bits per heavy atom. The molecule has 0 bridgehead atoms. The molecule has 2 fully saturated rings. The minimum Gasteiger partial charge on any atom is -0.353 e. The van der Waals surface area contributed by atoms with Crippen molar-refractivity contribution in [1.29, 1.82) is 0 Å². The number of amides is 1. The highest BCUT2D eigenvalue weighted by Gasteiger charge is 2.76. The number of hydrogen-bond acceptors (Lipinski definition) is 1. The average molecular weight is 306 g/mol. The molecule has 2 aliphatic carbocycles. The van der Waals surface area contributed by atoms with Crippen LogP contribution in [0.15, 0.2) is 0 Å². The zero-order valence-corrected chi connectivity index (χ0v) is 13.7. The predicted molar refractivity (Wildman–Crippen MR) is 80.5 cm³/mol. The Morgan fingerprint density at radius 1 is 1.32 bits per heavy atom. The molecule has 0 aliphatic heterocycles. The van der Waals surface area contributed by atoms with Crippen molar-refractivity contribution in [3.8, 4) is 0 Å². The van der Waals surface area contributed by atoms with Crippen molar-refractivity contribution in [2.75, 3.05) is 0 Å². The summed E-state index contributed by atoms with van der Waals surface area (Å²) >= 11 is 12.6. The molecule has 3 unspecified atom stereocenters. The molecule has 2 aliphatic rings. The van der Waals surface area contributed by atoms with Gasteiger partial charge in [-0.25, -0.2) is 0 Å². The number of rotatable bonds is 4. The number of alkyl halides is 2. The van der Waals surface area contributed by atoms with Crippen LogP contribution in [0.1, 0.15) is 59.3 Å². The summed E-state index contributed by atoms with van der Waals surface area (Å²) in [6, 6.07) is 0.230. The lowest BCUT2D eigenvalue weighted by atomic mass is 9.84. The fourth-order valence-corrected chi connectivity index (χ4v) is 4.81. The van der Waals surface area contributed by atoms with E-state index in [2.05, 4.69) is 12.2 Å². The Hall–Kier alpha value is 0.0500. The van der Waals surface area contributed by atoms with Gasteiger partial charge < -0.3 is 5.32 Å². The van der Waals surface area contributed by atoms with Gasteiger partial charge in [-0.05, 0) is 32.1 Å². The van der Waals surface area contributed by atoms with Crippen LogP contribution in [0.2, 0.25) is 0 Å². The van der Waals surface area contributed by atoms with Gasteiger partial charge in [-0.2, -0.15) is 0 Å². The van der Waals surface area contributed by atoms with Crippen LogP contribution in [0.5, 0.6) is 0 Å². The molecule has 2 saturated carbocycles. The van der Waals surface area contributed by atoms with Crippen molar-refractivity contribution in [1.82, 2.24) is 5.32 Å². The highest BCUT2D eigenvalue weighted by Crippen LogP contribution is 2.70. The van der Waals surface area contributed by atoms with Crippen LogP contribution in [-0.2, 0) is 4.79 Å². The predicted octanol–water partition coefficient (Wildman–Crippen LogP) is 4.29. The lowest BCUT2D eigenvalue weighted by Crippen LogP contribution is -2.44. The van der Waals surface area contributed by atoms with Crippen LogP contribution < -0.4 is 5.32 Å². The van der Waals surface area contributed by atoms with Crippen LogP contribution >= 0.6 is 23.2 Å². The molecule has 4 heteroatoms. The molecule has 2 rings (SSSR count). The first-order valence-electron chi connectivity index (χ1n) is 7.56. The van der Waals surface area contributed by atoms with Gasteiger partial charge in [-0.3, -0.25) is 4.79 Å². The van der Waals surface area contributed by atoms with Crippen LogP contribution in [0, 0.1) is 17.3 Å². The van der Waals surface area contributed by atoms with E-state index in [-0.39, 0.29) is 17.9 Å². The molecule has 0 aromatic heterocycles. The number of halogens is 2. The van der Waals surface area contributed by atoms with Crippen molar-refractivity contribution < 1.29 is 4.79 Å². The van der Waals surface area contributed by atoms with Gasteiger partial charge in [-0.15, -0.1) is 23.2 Å². The lowest BCUT2D eigenvalue weighted by Gasteiger charge is -2.30. The third-order valence-electron chi connectivity index (χ3n) is 5.47. The summed E-state index contributed by atoms with van der Waals surface area (Å²) in [6.07, 6.45) is 7.06. The fraction of sp³-hybridized carbons (Fsp3) is 0.933. The van der Waals surface area contributed by atoms with E-state index in [1.54, 1.807) is 0 Å². The number of nitrogens with one attached hydrogen (secondary N) is 1. The monoisotopic (exact) mass is 305 g/mol. The Labute approximate surface area is 126 Å². The third kappa shape index (κ3) is 2.40. The van der Waals surface area contributed by atoms with Gasteiger partial charge in [0.2, 0.25) is 5.91 Å². The maximum atomic E-state index is 12.6. The molecule has 110 valence electrons. The zero-order valence-electron chi connectivity index (χ0n) is 12.1. The van der Waals surface area contributed by atoms with E-state index in [9.17, 15) is 4.79 Å². The van der Waals surface area contributed by atoms with E-state index in [1.165, 1.54) is 32.1 Å². The fourth-order valence-electron chi connectivity index (χ4n) is 3.78. The van der Waals surface area contributed by atoms with E-state index in [1.807, 2.05) is 13.8 Å². The van der Waals surface area contributed by atoms with Crippen molar-refractivity contribution >= 4 is 29.1 Å². The molecule has 0 saturated heterocycles. The van der Waals surface area contributed by atoms with E-state index in [0.717, 1.165) is 0 Å². The molecule has 19 heavy (non-hydrogen) atoms. The summed E-state index contributed by atoms with van der Waals surface area (Å²) in [6.45, 7) is 6.08. The molecule has 0 radical (unpaired) electrons. The van der Waals surface area contributed by atoms with Crippen LogP contribution in [0.4, 0.5) is 0 Å². The van der Waals surface area contributed by atoms with Crippen LogP contribution in [0.25, 0.3) is 0 Å². The molecule has 1 N–H and O–H groups in total. The van der Waals surface area contributed by atoms with E-state index in [0.29, 0.717) is 12.3 Å². The van der Waals surface area contributed by atoms with Gasteiger partial charge in [0.15, 0.2) is 0 Å². The second kappa shape index (κ2) is 5.44. The topological polar surface area (TPSA) is 29.1 Å². The van der Waals surface area contributed by atoms with Crippen molar-refractivity contribution in [3.05, 3.63) is 0 Å². The highest BCUT2D eigenvalue weighted by molar-refractivity contribution is 6.53. The number of hydrogen-bond donors (Lipinski definition) is 1. The molecule has 2 nitrogen and oxygen atoms in total. The lowest BCUT2D eigenvalue weighted by molar-refractivity contribution is -0.128. The summed E-state index contributed by atoms with van der Waals surface area (Å²) in [5.41, 5.74) is -0.584. The minimum atomic E-state index is -0.891. The Kier molecular flexibility index (Phi) is 4.42. The molecule has 3 atom stereocenters. The second-order valence-corrected chi connectivity index (χ2v) is 7.72. The summed E-state index contributed by atoms with van der Waals surface area (Å²) < 4.78 is -0.891. The Morgan fingerprint density at radius 3 is 2.26 bits per heavy atom. The van der Waals surface area contributed by atoms with Gasteiger partial charge in [0.1, 0.15) is 4.33 Å². The van der Waals surface area contributed by atoms with Gasteiger partial charge >= 0.3 is 0 Å². The van der Waals surface area contributed by atoms with E-state index < -0.39 is 9.75 Å². The first-order chi connectivity index (χ1) is 8.88. The largest absolute Gasteiger partial charge is 0.353 e. The maximum Gasteiger partial charge on any atom is 0.229 e. The highest BCUT2D eigenvalue weighted by atomic mass is 35.5. The van der Waals surface area contributed by atoms with Crippen LogP contribution in [0.3, 0.4) is 0 Å². The molecule has 0 aromatic rings. The molecular weight excluding hydrogens is 281 g/mol. The smallest absolute Gasteiger partial charge is 0.229 e. The zero-order chi connectivity index (χ0) is 14.3. The molecular formula is C15H25Cl2NO. The molecule has 0 heterocycles. The minimum absolute atomic E-state index is 0.0342. The van der Waals surface area contributed by atoms with E-state index in [4.69, 9.17) is 23.2 Å². The first-order valence-corrected chi connectivity index (χ1v) is 8.32. The first kappa shape index (κ1) is 15.4. The maximum absolute atomic E-state index is 12.6. The summed E-state index contributed by atoms with van der Waals surface area (Å²) in [5, 5.41) is 3.18. The summed E-state index contributed by atoms with van der Waals surface area (Å²) in [5.74, 6) is 0.693. The standard InChI is InChI=1S/C15H25Cl2NO/c1-4-14(11(3)15(14,16)17)13(19)18-10(2)12-8-6-5-7-9-12/h10-12H,4-9H2,1-3H3,(H,18,19). The van der Waals surface area contributed by atoms with Gasteiger partial charge in [0.05, 0.1) is 5.41 Å². The molecule has 0 aromatic carbocycles.